The van der Waals surface area contributed by atoms with Gasteiger partial charge in [-0.2, -0.15) is 13.2 Å². The van der Waals surface area contributed by atoms with Crippen LogP contribution < -0.4 is 5.32 Å². The maximum absolute atomic E-state index is 13.0. The first-order chi connectivity index (χ1) is 15.1. The number of carbonyl (C=O) groups is 2. The Morgan fingerprint density at radius 3 is 2.69 bits per heavy atom. The van der Waals surface area contributed by atoms with E-state index in [1.807, 2.05) is 0 Å². The average molecular weight is 502 g/mol. The molecule has 1 fully saturated rings. The summed E-state index contributed by atoms with van der Waals surface area (Å²) in [5.74, 6) is -0.869. The molecule has 1 saturated heterocycles. The fourth-order valence-corrected chi connectivity index (χ4v) is 4.35. The first-order valence-corrected chi connectivity index (χ1v) is 10.8. The van der Waals surface area contributed by atoms with Crippen molar-refractivity contribution in [1.82, 2.24) is 4.90 Å². The summed E-state index contributed by atoms with van der Waals surface area (Å²) in [6.07, 6.45) is -3.24. The van der Waals surface area contributed by atoms with Crippen LogP contribution in [0.5, 0.6) is 0 Å². The Morgan fingerprint density at radius 2 is 2.00 bits per heavy atom. The van der Waals surface area contributed by atoms with Gasteiger partial charge in [0, 0.05) is 18.0 Å². The van der Waals surface area contributed by atoms with Crippen molar-refractivity contribution < 1.29 is 22.8 Å². The molecule has 1 unspecified atom stereocenters. The highest BCUT2D eigenvalue weighted by atomic mass is 35.5. The van der Waals surface area contributed by atoms with Gasteiger partial charge in [0.1, 0.15) is 5.25 Å². The van der Waals surface area contributed by atoms with E-state index in [0.29, 0.717) is 10.7 Å². The first-order valence-electron chi connectivity index (χ1n) is 9.18. The van der Waals surface area contributed by atoms with E-state index in [1.165, 1.54) is 35.2 Å². The van der Waals surface area contributed by atoms with E-state index in [4.69, 9.17) is 23.2 Å². The molecule has 1 heterocycles. The van der Waals surface area contributed by atoms with Crippen molar-refractivity contribution in [3.05, 3.63) is 70.7 Å². The van der Waals surface area contributed by atoms with Crippen LogP contribution in [0.1, 0.15) is 12.0 Å². The molecule has 0 bridgehead atoms. The lowest BCUT2D eigenvalue weighted by Gasteiger charge is -2.14. The van der Waals surface area contributed by atoms with Gasteiger partial charge in [-0.1, -0.05) is 47.1 Å². The van der Waals surface area contributed by atoms with Crippen LogP contribution in [-0.4, -0.2) is 33.7 Å². The molecule has 2 aromatic rings. The molecular weight excluding hydrogens is 486 g/mol. The lowest BCUT2D eigenvalue weighted by molar-refractivity contribution is -0.137. The van der Waals surface area contributed by atoms with Crippen LogP contribution in [-0.2, 0) is 15.8 Å². The molecule has 2 amide bonds. The van der Waals surface area contributed by atoms with Crippen LogP contribution in [0.2, 0.25) is 10.0 Å². The van der Waals surface area contributed by atoms with Crippen molar-refractivity contribution in [3.8, 4) is 0 Å². The van der Waals surface area contributed by atoms with Crippen molar-refractivity contribution in [2.75, 3.05) is 11.9 Å². The standard InChI is InChI=1S/C21H16Cl2F3N3O2S/c1-2-8-29-19(31)17(11-18(30)28-16-10-13(22)6-7-15(16)23)32-20(29)27-14-5-3-4-12(9-14)21(24,25)26/h2-7,9-10,17H,1,8,11H2,(H,28,30). The van der Waals surface area contributed by atoms with E-state index in [-0.39, 0.29) is 28.8 Å². The third-order valence-electron chi connectivity index (χ3n) is 4.30. The summed E-state index contributed by atoms with van der Waals surface area (Å²) in [4.78, 5) is 30.8. The Bertz CT molecular complexity index is 1090. The SMILES string of the molecule is C=CCN1C(=O)C(CC(=O)Nc2cc(Cl)ccc2Cl)SC1=Nc1cccc(C(F)(F)F)c1. The summed E-state index contributed by atoms with van der Waals surface area (Å²) in [6.45, 7) is 3.69. The number of hydrogen-bond donors (Lipinski definition) is 1. The van der Waals surface area contributed by atoms with Crippen molar-refractivity contribution in [2.45, 2.75) is 17.8 Å². The molecule has 0 saturated carbocycles. The monoisotopic (exact) mass is 501 g/mol. The molecule has 5 nitrogen and oxygen atoms in total. The molecule has 168 valence electrons. The van der Waals surface area contributed by atoms with Gasteiger partial charge in [-0.05, 0) is 36.4 Å². The van der Waals surface area contributed by atoms with E-state index in [0.717, 1.165) is 23.9 Å². The molecule has 0 aromatic heterocycles. The van der Waals surface area contributed by atoms with E-state index >= 15 is 0 Å². The second-order valence-electron chi connectivity index (χ2n) is 6.66. The summed E-state index contributed by atoms with van der Waals surface area (Å²) >= 11 is 13.0. The number of benzene rings is 2. The number of carbonyl (C=O) groups excluding carboxylic acids is 2. The molecule has 2 aromatic carbocycles. The summed E-state index contributed by atoms with van der Waals surface area (Å²) in [5.41, 5.74) is -0.501. The fraction of sp³-hybridized carbons (Fsp3) is 0.190. The summed E-state index contributed by atoms with van der Waals surface area (Å²) < 4.78 is 39.0. The smallest absolute Gasteiger partial charge is 0.325 e. The average Bonchev–Trinajstić information content (AvgIpc) is 2.99. The third kappa shape index (κ3) is 5.85. The maximum Gasteiger partial charge on any atom is 0.416 e. The van der Waals surface area contributed by atoms with Crippen LogP contribution in [0.3, 0.4) is 0 Å². The van der Waals surface area contributed by atoms with Crippen LogP contribution in [0.25, 0.3) is 0 Å². The molecular formula is C21H16Cl2F3N3O2S. The number of anilines is 1. The minimum Gasteiger partial charge on any atom is -0.325 e. The second-order valence-corrected chi connectivity index (χ2v) is 8.68. The molecule has 3 rings (SSSR count). The van der Waals surface area contributed by atoms with E-state index in [2.05, 4.69) is 16.9 Å². The van der Waals surface area contributed by atoms with Crippen LogP contribution in [0, 0.1) is 0 Å². The van der Waals surface area contributed by atoms with Gasteiger partial charge in [-0.15, -0.1) is 6.58 Å². The van der Waals surface area contributed by atoms with Crippen molar-refractivity contribution >= 4 is 63.3 Å². The molecule has 1 atom stereocenters. The van der Waals surface area contributed by atoms with Gasteiger partial charge >= 0.3 is 6.18 Å². The number of amides is 2. The number of amidine groups is 1. The van der Waals surface area contributed by atoms with Crippen molar-refractivity contribution in [1.29, 1.82) is 0 Å². The van der Waals surface area contributed by atoms with Gasteiger partial charge < -0.3 is 5.32 Å². The van der Waals surface area contributed by atoms with E-state index in [9.17, 15) is 22.8 Å². The molecule has 0 spiro atoms. The molecule has 1 aliphatic heterocycles. The van der Waals surface area contributed by atoms with Gasteiger partial charge in [0.15, 0.2) is 5.17 Å². The quantitative estimate of drug-likeness (QED) is 0.482. The van der Waals surface area contributed by atoms with Crippen molar-refractivity contribution in [2.24, 2.45) is 4.99 Å². The van der Waals surface area contributed by atoms with E-state index < -0.39 is 28.8 Å². The summed E-state index contributed by atoms with van der Waals surface area (Å²) in [5, 5.41) is 2.65. The van der Waals surface area contributed by atoms with E-state index in [1.54, 1.807) is 6.07 Å². The molecule has 11 heteroatoms. The predicted molar refractivity (Wildman–Crippen MR) is 122 cm³/mol. The maximum atomic E-state index is 13.0. The Kier molecular flexibility index (Phi) is 7.53. The highest BCUT2D eigenvalue weighted by Crippen LogP contribution is 2.35. The van der Waals surface area contributed by atoms with Gasteiger partial charge in [0.2, 0.25) is 11.8 Å². The predicted octanol–water partition coefficient (Wildman–Crippen LogP) is 6.16. The van der Waals surface area contributed by atoms with Gasteiger partial charge in [0.05, 0.1) is 22.0 Å². The zero-order chi connectivity index (χ0) is 23.5. The minimum atomic E-state index is -4.52. The number of aliphatic imine (C=N–C) groups is 1. The number of nitrogens with one attached hydrogen (secondary N) is 1. The summed E-state index contributed by atoms with van der Waals surface area (Å²) in [7, 11) is 0. The fourth-order valence-electron chi connectivity index (χ4n) is 2.85. The molecule has 0 radical (unpaired) electrons. The zero-order valence-electron chi connectivity index (χ0n) is 16.3. The molecule has 1 N–H and O–H groups in total. The second kappa shape index (κ2) is 9.97. The number of halogens is 5. The highest BCUT2D eigenvalue weighted by Gasteiger charge is 2.39. The van der Waals surface area contributed by atoms with Gasteiger partial charge in [-0.25, -0.2) is 4.99 Å². The lowest BCUT2D eigenvalue weighted by Crippen LogP contribution is -2.33. The lowest BCUT2D eigenvalue weighted by atomic mass is 10.2. The normalized spacial score (nSPS) is 17.7. The topological polar surface area (TPSA) is 61.8 Å². The Labute approximate surface area is 196 Å². The number of thioether (sulfide) groups is 1. The van der Waals surface area contributed by atoms with Gasteiger partial charge in [-0.3, -0.25) is 14.5 Å². The number of hydrogen-bond acceptors (Lipinski definition) is 4. The Hall–Kier alpha value is -2.49. The van der Waals surface area contributed by atoms with Crippen molar-refractivity contribution in [3.63, 3.8) is 0 Å². The summed E-state index contributed by atoms with van der Waals surface area (Å²) in [6, 6.07) is 9.05. The third-order valence-corrected chi connectivity index (χ3v) is 6.04. The molecule has 0 aliphatic carbocycles. The molecule has 1 aliphatic rings. The Morgan fingerprint density at radius 1 is 1.25 bits per heavy atom. The van der Waals surface area contributed by atoms with Crippen LogP contribution in [0.4, 0.5) is 24.5 Å². The van der Waals surface area contributed by atoms with Gasteiger partial charge in [0.25, 0.3) is 0 Å². The number of nitrogens with zero attached hydrogens (tertiary/aromatic N) is 2. The minimum absolute atomic E-state index is 0.0417. The largest absolute Gasteiger partial charge is 0.416 e. The highest BCUT2D eigenvalue weighted by molar-refractivity contribution is 8.15. The number of rotatable bonds is 6. The van der Waals surface area contributed by atoms with Crippen LogP contribution in [0.15, 0.2) is 60.1 Å². The number of alkyl halides is 3. The Balaban J connectivity index is 1.79. The van der Waals surface area contributed by atoms with Crippen LogP contribution >= 0.6 is 35.0 Å². The molecule has 32 heavy (non-hydrogen) atoms. The first kappa shape index (κ1) is 24.2. The zero-order valence-corrected chi connectivity index (χ0v) is 18.7.